The van der Waals surface area contributed by atoms with Crippen molar-refractivity contribution in [3.05, 3.63) is 34.9 Å². The van der Waals surface area contributed by atoms with Crippen LogP contribution in [0.25, 0.3) is 0 Å². The minimum absolute atomic E-state index is 0.337. The zero-order chi connectivity index (χ0) is 13.7. The second kappa shape index (κ2) is 6.78. The number of hydrogen-bond donors (Lipinski definition) is 3. The lowest BCUT2D eigenvalue weighted by Crippen LogP contribution is -2.38. The van der Waals surface area contributed by atoms with E-state index in [1.54, 1.807) is 12.1 Å². The van der Waals surface area contributed by atoms with Crippen molar-refractivity contribution in [3.8, 4) is 0 Å². The van der Waals surface area contributed by atoms with E-state index in [1.807, 2.05) is 19.1 Å². The predicted molar refractivity (Wildman–Crippen MR) is 78.5 cm³/mol. The molecule has 0 radical (unpaired) electrons. The maximum atomic E-state index is 10.1. The summed E-state index contributed by atoms with van der Waals surface area (Å²) in [6.07, 6.45) is 1.79. The SMILES string of the molecule is CCNC(=NCC(O)c1ccc(Cl)cc1)NC1CC1. The lowest BCUT2D eigenvalue weighted by molar-refractivity contribution is 0.187. The maximum absolute atomic E-state index is 10.1. The molecular weight excluding hydrogens is 262 g/mol. The highest BCUT2D eigenvalue weighted by Crippen LogP contribution is 2.19. The molecule has 0 spiro atoms. The van der Waals surface area contributed by atoms with Crippen LogP contribution in [0, 0.1) is 0 Å². The summed E-state index contributed by atoms with van der Waals surface area (Å²) in [6, 6.07) is 7.74. The van der Waals surface area contributed by atoms with Gasteiger partial charge in [0.05, 0.1) is 12.6 Å². The normalized spacial score (nSPS) is 17.1. The first kappa shape index (κ1) is 14.2. The number of halogens is 1. The van der Waals surface area contributed by atoms with Crippen LogP contribution in [0.3, 0.4) is 0 Å². The summed E-state index contributed by atoms with van der Waals surface area (Å²) in [5, 5.41) is 17.2. The minimum Gasteiger partial charge on any atom is -0.386 e. The van der Waals surface area contributed by atoms with Gasteiger partial charge in [-0.1, -0.05) is 23.7 Å². The zero-order valence-corrected chi connectivity index (χ0v) is 11.8. The van der Waals surface area contributed by atoms with Gasteiger partial charge in [0, 0.05) is 17.6 Å². The summed E-state index contributed by atoms with van der Waals surface area (Å²) in [5.74, 6) is 0.776. The van der Waals surface area contributed by atoms with Gasteiger partial charge in [-0.3, -0.25) is 4.99 Å². The topological polar surface area (TPSA) is 56.7 Å². The molecule has 5 heteroatoms. The van der Waals surface area contributed by atoms with E-state index in [9.17, 15) is 5.11 Å². The molecule has 0 amide bonds. The molecular formula is C14H20ClN3O. The van der Waals surface area contributed by atoms with Gasteiger partial charge in [-0.05, 0) is 37.5 Å². The van der Waals surface area contributed by atoms with E-state index in [0.29, 0.717) is 17.6 Å². The molecule has 1 unspecified atom stereocenters. The highest BCUT2D eigenvalue weighted by atomic mass is 35.5. The van der Waals surface area contributed by atoms with E-state index in [4.69, 9.17) is 11.6 Å². The Morgan fingerprint density at radius 3 is 2.68 bits per heavy atom. The van der Waals surface area contributed by atoms with Gasteiger partial charge >= 0.3 is 0 Å². The molecule has 1 saturated carbocycles. The molecule has 1 atom stereocenters. The third kappa shape index (κ3) is 4.73. The molecule has 0 bridgehead atoms. The second-order valence-corrected chi connectivity index (χ2v) is 5.14. The fourth-order valence-electron chi connectivity index (χ4n) is 1.71. The number of aliphatic hydroxyl groups is 1. The number of benzene rings is 1. The third-order valence-electron chi connectivity index (χ3n) is 2.94. The Morgan fingerprint density at radius 1 is 1.42 bits per heavy atom. The van der Waals surface area contributed by atoms with E-state index < -0.39 is 6.10 Å². The van der Waals surface area contributed by atoms with Crippen LogP contribution in [0.2, 0.25) is 5.02 Å². The summed E-state index contributed by atoms with van der Waals surface area (Å²) >= 11 is 5.82. The number of aliphatic imine (C=N–C) groups is 1. The van der Waals surface area contributed by atoms with Crippen LogP contribution in [0.4, 0.5) is 0 Å². The smallest absolute Gasteiger partial charge is 0.191 e. The van der Waals surface area contributed by atoms with Gasteiger partial charge in [-0.25, -0.2) is 0 Å². The van der Waals surface area contributed by atoms with Gasteiger partial charge < -0.3 is 15.7 Å². The van der Waals surface area contributed by atoms with E-state index in [0.717, 1.165) is 18.1 Å². The average Bonchev–Trinajstić information content (AvgIpc) is 3.21. The molecule has 19 heavy (non-hydrogen) atoms. The molecule has 1 aliphatic carbocycles. The Balaban J connectivity index is 1.91. The fraction of sp³-hybridized carbons (Fsp3) is 0.500. The molecule has 0 aliphatic heterocycles. The summed E-state index contributed by atoms with van der Waals surface area (Å²) in [4.78, 5) is 4.40. The Morgan fingerprint density at radius 2 is 2.11 bits per heavy atom. The summed E-state index contributed by atoms with van der Waals surface area (Å²) in [7, 11) is 0. The van der Waals surface area contributed by atoms with Crippen molar-refractivity contribution in [1.82, 2.24) is 10.6 Å². The number of rotatable bonds is 5. The first-order valence-electron chi connectivity index (χ1n) is 6.67. The van der Waals surface area contributed by atoms with Crippen molar-refractivity contribution in [3.63, 3.8) is 0 Å². The van der Waals surface area contributed by atoms with Gasteiger partial charge in [-0.15, -0.1) is 0 Å². The molecule has 3 N–H and O–H groups in total. The van der Waals surface area contributed by atoms with Crippen LogP contribution >= 0.6 is 11.6 Å². The number of nitrogens with zero attached hydrogens (tertiary/aromatic N) is 1. The largest absolute Gasteiger partial charge is 0.386 e. The number of aliphatic hydroxyl groups excluding tert-OH is 1. The van der Waals surface area contributed by atoms with Crippen molar-refractivity contribution < 1.29 is 5.11 Å². The average molecular weight is 282 g/mol. The molecule has 1 fully saturated rings. The van der Waals surface area contributed by atoms with Crippen LogP contribution in [0.15, 0.2) is 29.3 Å². The molecule has 0 aromatic heterocycles. The lowest BCUT2D eigenvalue weighted by atomic mass is 10.1. The Bertz CT molecular complexity index is 429. The Hall–Kier alpha value is -1.26. The van der Waals surface area contributed by atoms with Gasteiger partial charge in [0.15, 0.2) is 5.96 Å². The van der Waals surface area contributed by atoms with Crippen LogP contribution in [0.1, 0.15) is 31.4 Å². The van der Waals surface area contributed by atoms with E-state index >= 15 is 0 Å². The highest BCUT2D eigenvalue weighted by molar-refractivity contribution is 6.30. The van der Waals surface area contributed by atoms with Gasteiger partial charge in [0.25, 0.3) is 0 Å². The van der Waals surface area contributed by atoms with E-state index in [2.05, 4.69) is 15.6 Å². The summed E-state index contributed by atoms with van der Waals surface area (Å²) < 4.78 is 0. The van der Waals surface area contributed by atoms with Crippen LogP contribution in [-0.4, -0.2) is 30.2 Å². The summed E-state index contributed by atoms with van der Waals surface area (Å²) in [5.41, 5.74) is 0.829. The number of nitrogens with one attached hydrogen (secondary N) is 2. The first-order valence-corrected chi connectivity index (χ1v) is 7.05. The maximum Gasteiger partial charge on any atom is 0.191 e. The monoisotopic (exact) mass is 281 g/mol. The lowest BCUT2D eigenvalue weighted by Gasteiger charge is -2.12. The molecule has 104 valence electrons. The highest BCUT2D eigenvalue weighted by Gasteiger charge is 2.22. The van der Waals surface area contributed by atoms with Crippen LogP contribution in [0.5, 0.6) is 0 Å². The second-order valence-electron chi connectivity index (χ2n) is 4.71. The first-order chi connectivity index (χ1) is 9.19. The van der Waals surface area contributed by atoms with Crippen molar-refractivity contribution >= 4 is 17.6 Å². The molecule has 1 aromatic rings. The third-order valence-corrected chi connectivity index (χ3v) is 3.19. The van der Waals surface area contributed by atoms with Crippen LogP contribution < -0.4 is 10.6 Å². The van der Waals surface area contributed by atoms with E-state index in [1.165, 1.54) is 12.8 Å². The Labute approximate surface area is 118 Å². The van der Waals surface area contributed by atoms with Gasteiger partial charge in [0.2, 0.25) is 0 Å². The molecule has 4 nitrogen and oxygen atoms in total. The molecule has 1 aliphatic rings. The zero-order valence-electron chi connectivity index (χ0n) is 11.1. The molecule has 2 rings (SSSR count). The van der Waals surface area contributed by atoms with Crippen molar-refractivity contribution in [2.45, 2.75) is 31.9 Å². The van der Waals surface area contributed by atoms with Crippen LogP contribution in [-0.2, 0) is 0 Å². The van der Waals surface area contributed by atoms with E-state index in [-0.39, 0.29) is 0 Å². The number of guanidine groups is 1. The quantitative estimate of drug-likeness (QED) is 0.572. The molecule has 0 saturated heterocycles. The van der Waals surface area contributed by atoms with Gasteiger partial charge in [-0.2, -0.15) is 0 Å². The standard InChI is InChI=1S/C14H20ClN3O/c1-2-16-14(18-12-7-8-12)17-9-13(19)10-3-5-11(15)6-4-10/h3-6,12-13,19H,2,7-9H2,1H3,(H2,16,17,18). The van der Waals surface area contributed by atoms with Gasteiger partial charge in [0.1, 0.15) is 0 Å². The summed E-state index contributed by atoms with van der Waals surface area (Å²) in [6.45, 7) is 3.18. The Kier molecular flexibility index (Phi) is 5.05. The molecule has 0 heterocycles. The fourth-order valence-corrected chi connectivity index (χ4v) is 1.84. The number of hydrogen-bond acceptors (Lipinski definition) is 2. The van der Waals surface area contributed by atoms with Crippen molar-refractivity contribution in [1.29, 1.82) is 0 Å². The van der Waals surface area contributed by atoms with Crippen molar-refractivity contribution in [2.75, 3.05) is 13.1 Å². The van der Waals surface area contributed by atoms with Crippen molar-refractivity contribution in [2.24, 2.45) is 4.99 Å². The minimum atomic E-state index is -0.605. The molecule has 1 aromatic carbocycles. The predicted octanol–water partition coefficient (Wildman–Crippen LogP) is 2.09.